The third-order valence-corrected chi connectivity index (χ3v) is 3.52. The molecular weight excluding hydrogens is 328 g/mol. The molecule has 0 saturated carbocycles. The van der Waals surface area contributed by atoms with Crippen LogP contribution >= 0.6 is 0 Å². The lowest BCUT2D eigenvalue weighted by Crippen LogP contribution is -2.13. The van der Waals surface area contributed by atoms with E-state index in [1.54, 1.807) is 30.3 Å². The van der Waals surface area contributed by atoms with Crippen molar-refractivity contribution in [2.75, 3.05) is 16.3 Å². The maximum Gasteiger partial charge on any atom is 0.255 e. The van der Waals surface area contributed by atoms with Crippen molar-refractivity contribution in [2.45, 2.75) is 20.0 Å². The van der Waals surface area contributed by atoms with Gasteiger partial charge in [0.2, 0.25) is 10.0 Å². The number of hydrogen-bond donors (Lipinski definition) is 2. The van der Waals surface area contributed by atoms with Crippen molar-refractivity contribution in [2.24, 2.45) is 0 Å². The third kappa shape index (κ3) is 5.58. The molecule has 0 aromatic heterocycles. The molecule has 2 aromatic rings. The average molecular weight is 348 g/mol. The molecule has 0 saturated heterocycles. The summed E-state index contributed by atoms with van der Waals surface area (Å²) in [7, 11) is -3.34. The molecule has 0 aliphatic heterocycles. The number of benzene rings is 2. The van der Waals surface area contributed by atoms with E-state index in [2.05, 4.69) is 10.0 Å². The van der Waals surface area contributed by atoms with Crippen LogP contribution in [0.4, 0.5) is 11.4 Å². The zero-order valence-electron chi connectivity index (χ0n) is 13.7. The molecule has 2 aromatic carbocycles. The SMILES string of the molecule is CC(C)Oc1cccc(NC(=O)c2ccc(NS(C)(=O)=O)cc2)c1. The first-order valence-electron chi connectivity index (χ1n) is 7.39. The van der Waals surface area contributed by atoms with Gasteiger partial charge in [0.25, 0.3) is 5.91 Å². The molecule has 0 aliphatic carbocycles. The van der Waals surface area contributed by atoms with Crippen LogP contribution < -0.4 is 14.8 Å². The van der Waals surface area contributed by atoms with Crippen molar-refractivity contribution >= 4 is 27.3 Å². The van der Waals surface area contributed by atoms with Gasteiger partial charge in [-0.3, -0.25) is 9.52 Å². The van der Waals surface area contributed by atoms with E-state index in [1.165, 1.54) is 12.1 Å². The number of rotatable bonds is 6. The van der Waals surface area contributed by atoms with Crippen LogP contribution in [0, 0.1) is 0 Å². The lowest BCUT2D eigenvalue weighted by Gasteiger charge is -2.11. The summed E-state index contributed by atoms with van der Waals surface area (Å²) in [4.78, 5) is 12.3. The predicted octanol–water partition coefficient (Wildman–Crippen LogP) is 3.10. The number of hydrogen-bond acceptors (Lipinski definition) is 4. The number of amides is 1. The van der Waals surface area contributed by atoms with Crippen LogP contribution in [0.25, 0.3) is 0 Å². The van der Waals surface area contributed by atoms with E-state index in [4.69, 9.17) is 4.74 Å². The van der Waals surface area contributed by atoms with Gasteiger partial charge in [0.05, 0.1) is 12.4 Å². The van der Waals surface area contributed by atoms with Gasteiger partial charge >= 0.3 is 0 Å². The molecule has 0 fully saturated rings. The second kappa shape index (κ2) is 7.35. The van der Waals surface area contributed by atoms with Gasteiger partial charge in [-0.15, -0.1) is 0 Å². The minimum absolute atomic E-state index is 0.0471. The third-order valence-electron chi connectivity index (χ3n) is 2.91. The van der Waals surface area contributed by atoms with Crippen LogP contribution in [0.15, 0.2) is 48.5 Å². The highest BCUT2D eigenvalue weighted by molar-refractivity contribution is 7.92. The van der Waals surface area contributed by atoms with E-state index in [1.807, 2.05) is 19.9 Å². The Morgan fingerprint density at radius 3 is 2.29 bits per heavy atom. The number of sulfonamides is 1. The zero-order chi connectivity index (χ0) is 17.7. The normalized spacial score (nSPS) is 11.2. The Labute approximate surface area is 141 Å². The molecule has 1 amide bonds. The highest BCUT2D eigenvalue weighted by atomic mass is 32.2. The number of ether oxygens (including phenoxy) is 1. The van der Waals surface area contributed by atoms with E-state index >= 15 is 0 Å². The lowest BCUT2D eigenvalue weighted by atomic mass is 10.2. The van der Waals surface area contributed by atoms with Gasteiger partial charge < -0.3 is 10.1 Å². The fourth-order valence-corrected chi connectivity index (χ4v) is 2.59. The fraction of sp³-hybridized carbons (Fsp3) is 0.235. The molecule has 2 rings (SSSR count). The topological polar surface area (TPSA) is 84.5 Å². The van der Waals surface area contributed by atoms with Crippen LogP contribution in [0.2, 0.25) is 0 Å². The Balaban J connectivity index is 2.07. The molecule has 2 N–H and O–H groups in total. The first-order valence-corrected chi connectivity index (χ1v) is 9.28. The van der Waals surface area contributed by atoms with E-state index < -0.39 is 10.0 Å². The van der Waals surface area contributed by atoms with Crippen molar-refractivity contribution in [3.63, 3.8) is 0 Å². The first kappa shape index (κ1) is 17.8. The largest absolute Gasteiger partial charge is 0.491 e. The molecule has 128 valence electrons. The Morgan fingerprint density at radius 2 is 1.71 bits per heavy atom. The van der Waals surface area contributed by atoms with Gasteiger partial charge in [0.1, 0.15) is 5.75 Å². The van der Waals surface area contributed by atoms with Crippen molar-refractivity contribution < 1.29 is 17.9 Å². The van der Waals surface area contributed by atoms with Crippen LogP contribution in [0.5, 0.6) is 5.75 Å². The molecule has 24 heavy (non-hydrogen) atoms. The molecule has 6 nitrogen and oxygen atoms in total. The van der Waals surface area contributed by atoms with E-state index in [9.17, 15) is 13.2 Å². The summed E-state index contributed by atoms with van der Waals surface area (Å²) in [5.74, 6) is 0.387. The molecule has 7 heteroatoms. The van der Waals surface area contributed by atoms with Gasteiger partial charge in [-0.25, -0.2) is 8.42 Å². The summed E-state index contributed by atoms with van der Waals surface area (Å²) >= 11 is 0. The molecule has 0 atom stereocenters. The summed E-state index contributed by atoms with van der Waals surface area (Å²) in [5, 5.41) is 2.78. The van der Waals surface area contributed by atoms with Crippen LogP contribution in [0.3, 0.4) is 0 Å². The summed E-state index contributed by atoms with van der Waals surface area (Å²) < 4.78 is 30.3. The molecule has 0 heterocycles. The van der Waals surface area contributed by atoms with Crippen LogP contribution in [0.1, 0.15) is 24.2 Å². The highest BCUT2D eigenvalue weighted by Gasteiger charge is 2.08. The minimum Gasteiger partial charge on any atom is -0.491 e. The maximum absolute atomic E-state index is 12.3. The van der Waals surface area contributed by atoms with Crippen LogP contribution in [-0.4, -0.2) is 26.7 Å². The van der Waals surface area contributed by atoms with Gasteiger partial charge in [-0.1, -0.05) is 6.07 Å². The molecule has 0 bridgehead atoms. The minimum atomic E-state index is -3.34. The maximum atomic E-state index is 12.3. The standard InChI is InChI=1S/C17H20N2O4S/c1-12(2)23-16-6-4-5-15(11-16)18-17(20)13-7-9-14(10-8-13)19-24(3,21)22/h4-12,19H,1-3H3,(H,18,20). The van der Waals surface area contributed by atoms with Crippen LogP contribution in [-0.2, 0) is 10.0 Å². The Bertz CT molecular complexity index is 815. The van der Waals surface area contributed by atoms with Crippen molar-refractivity contribution in [1.29, 1.82) is 0 Å². The predicted molar refractivity (Wildman–Crippen MR) is 95.1 cm³/mol. The Morgan fingerprint density at radius 1 is 1.04 bits per heavy atom. The Hall–Kier alpha value is -2.54. The summed E-state index contributed by atoms with van der Waals surface area (Å²) in [5.41, 5.74) is 1.45. The van der Waals surface area contributed by atoms with Crippen molar-refractivity contribution in [3.8, 4) is 5.75 Å². The average Bonchev–Trinajstić information content (AvgIpc) is 2.46. The number of anilines is 2. The summed E-state index contributed by atoms with van der Waals surface area (Å²) in [6.45, 7) is 3.86. The van der Waals surface area contributed by atoms with Gasteiger partial charge in [0.15, 0.2) is 0 Å². The number of nitrogens with one attached hydrogen (secondary N) is 2. The highest BCUT2D eigenvalue weighted by Crippen LogP contribution is 2.19. The van der Waals surface area contributed by atoms with Crippen molar-refractivity contribution in [3.05, 3.63) is 54.1 Å². The second-order valence-corrected chi connectivity index (χ2v) is 7.35. The van der Waals surface area contributed by atoms with Gasteiger partial charge in [-0.05, 0) is 50.2 Å². The van der Waals surface area contributed by atoms with E-state index in [0.29, 0.717) is 22.7 Å². The van der Waals surface area contributed by atoms with Crippen molar-refractivity contribution in [1.82, 2.24) is 0 Å². The zero-order valence-corrected chi connectivity index (χ0v) is 14.6. The number of carbonyl (C=O) groups is 1. The van der Waals surface area contributed by atoms with E-state index in [-0.39, 0.29) is 12.0 Å². The molecule has 0 radical (unpaired) electrons. The van der Waals surface area contributed by atoms with E-state index in [0.717, 1.165) is 6.26 Å². The molecule has 0 unspecified atom stereocenters. The summed E-state index contributed by atoms with van der Waals surface area (Å²) in [6, 6.07) is 13.3. The first-order chi connectivity index (χ1) is 11.2. The van der Waals surface area contributed by atoms with Gasteiger partial charge in [-0.2, -0.15) is 0 Å². The molecule has 0 spiro atoms. The lowest BCUT2D eigenvalue weighted by molar-refractivity contribution is 0.102. The Kier molecular flexibility index (Phi) is 5.46. The summed E-state index contributed by atoms with van der Waals surface area (Å²) in [6.07, 6.45) is 1.12. The fourth-order valence-electron chi connectivity index (χ4n) is 2.03. The smallest absolute Gasteiger partial charge is 0.255 e. The van der Waals surface area contributed by atoms with Gasteiger partial charge in [0, 0.05) is 23.0 Å². The number of carbonyl (C=O) groups excluding carboxylic acids is 1. The monoisotopic (exact) mass is 348 g/mol. The second-order valence-electron chi connectivity index (χ2n) is 5.60. The quantitative estimate of drug-likeness (QED) is 0.840. The molecular formula is C17H20N2O4S. The molecule has 0 aliphatic rings.